The quantitative estimate of drug-likeness (QED) is 0.468. The fourth-order valence-corrected chi connectivity index (χ4v) is 4.40. The van der Waals surface area contributed by atoms with E-state index < -0.39 is 21.6 Å². The first-order chi connectivity index (χ1) is 16.2. The van der Waals surface area contributed by atoms with Crippen molar-refractivity contribution in [3.05, 3.63) is 89.5 Å². The van der Waals surface area contributed by atoms with Crippen molar-refractivity contribution in [3.63, 3.8) is 0 Å². The normalized spacial score (nSPS) is 11.2. The van der Waals surface area contributed by atoms with E-state index in [1.165, 1.54) is 41.6 Å². The molecule has 0 fully saturated rings. The second-order valence-corrected chi connectivity index (χ2v) is 9.57. The number of amides is 1. The number of aromatic nitrogens is 2. The molecule has 2 aromatic carbocycles. The minimum absolute atomic E-state index is 0.0297. The van der Waals surface area contributed by atoms with E-state index in [2.05, 4.69) is 9.97 Å². The first-order valence-electron chi connectivity index (χ1n) is 9.98. The van der Waals surface area contributed by atoms with Gasteiger partial charge in [-0.3, -0.25) is 9.78 Å². The molecular formula is C24H18FN5O3S. The van der Waals surface area contributed by atoms with E-state index in [4.69, 9.17) is 5.73 Å². The smallest absolute Gasteiger partial charge is 0.260 e. The lowest BCUT2D eigenvalue weighted by Gasteiger charge is -2.25. The molecule has 0 unspecified atom stereocenters. The Morgan fingerprint density at radius 3 is 2.65 bits per heavy atom. The van der Waals surface area contributed by atoms with Gasteiger partial charge < -0.3 is 10.6 Å². The zero-order valence-corrected chi connectivity index (χ0v) is 18.8. The molecule has 34 heavy (non-hydrogen) atoms. The minimum Gasteiger partial charge on any atom is -0.381 e. The number of carbonyl (C=O) groups excluding carboxylic acids is 1. The molecule has 0 aliphatic carbocycles. The van der Waals surface area contributed by atoms with Gasteiger partial charge in [0.15, 0.2) is 21.5 Å². The van der Waals surface area contributed by atoms with Crippen LogP contribution in [0.4, 0.5) is 15.9 Å². The molecule has 0 atom stereocenters. The molecule has 0 saturated heterocycles. The number of nitrogens with two attached hydrogens (primary N) is 1. The van der Waals surface area contributed by atoms with Crippen molar-refractivity contribution in [1.29, 1.82) is 5.26 Å². The Labute approximate surface area is 195 Å². The molecule has 170 valence electrons. The monoisotopic (exact) mass is 475 g/mol. The van der Waals surface area contributed by atoms with Crippen molar-refractivity contribution >= 4 is 38.2 Å². The third-order valence-corrected chi connectivity index (χ3v) is 6.26. The van der Waals surface area contributed by atoms with Crippen LogP contribution < -0.4 is 10.6 Å². The van der Waals surface area contributed by atoms with E-state index in [0.717, 1.165) is 6.26 Å². The average molecular weight is 476 g/mol. The second kappa shape index (κ2) is 8.88. The summed E-state index contributed by atoms with van der Waals surface area (Å²) in [4.78, 5) is 22.8. The molecule has 0 aliphatic heterocycles. The number of nitrogen functional groups attached to an aromatic ring is 1. The lowest BCUT2D eigenvalue weighted by molar-refractivity contribution is 0.0984. The van der Waals surface area contributed by atoms with Gasteiger partial charge in [0.1, 0.15) is 6.07 Å². The van der Waals surface area contributed by atoms with Crippen LogP contribution in [-0.4, -0.2) is 30.5 Å². The summed E-state index contributed by atoms with van der Waals surface area (Å²) in [6.07, 6.45) is 3.69. The summed E-state index contributed by atoms with van der Waals surface area (Å²) in [6, 6.07) is 15.7. The maximum atomic E-state index is 13.8. The Morgan fingerprint density at radius 2 is 1.91 bits per heavy atom. The number of pyridine rings is 2. The van der Waals surface area contributed by atoms with Gasteiger partial charge in [0.05, 0.1) is 33.8 Å². The number of halogens is 1. The van der Waals surface area contributed by atoms with Gasteiger partial charge in [0.2, 0.25) is 0 Å². The van der Waals surface area contributed by atoms with E-state index in [0.29, 0.717) is 16.5 Å². The molecule has 2 N–H and O–H groups in total. The van der Waals surface area contributed by atoms with Gasteiger partial charge in [-0.15, -0.1) is 0 Å². The highest BCUT2D eigenvalue weighted by molar-refractivity contribution is 7.90. The molecule has 2 aromatic heterocycles. The predicted octanol–water partition coefficient (Wildman–Crippen LogP) is 3.47. The van der Waals surface area contributed by atoms with Crippen LogP contribution in [0.1, 0.15) is 21.5 Å². The molecule has 0 saturated carbocycles. The van der Waals surface area contributed by atoms with E-state index in [1.54, 1.807) is 30.3 Å². The zero-order chi connectivity index (χ0) is 24.5. The van der Waals surface area contributed by atoms with Crippen molar-refractivity contribution in [1.82, 2.24) is 9.97 Å². The minimum atomic E-state index is -3.68. The average Bonchev–Trinajstić information content (AvgIpc) is 2.82. The molecule has 10 heteroatoms. The van der Waals surface area contributed by atoms with Crippen LogP contribution in [-0.2, 0) is 16.4 Å². The molecule has 0 aliphatic rings. The summed E-state index contributed by atoms with van der Waals surface area (Å²) in [5.41, 5.74) is 7.10. The third-order valence-electron chi connectivity index (χ3n) is 5.12. The largest absolute Gasteiger partial charge is 0.381 e. The van der Waals surface area contributed by atoms with Crippen LogP contribution in [0.15, 0.2) is 71.9 Å². The third kappa shape index (κ3) is 4.55. The number of rotatable bonds is 5. The summed E-state index contributed by atoms with van der Waals surface area (Å²) in [7, 11) is -3.68. The summed E-state index contributed by atoms with van der Waals surface area (Å²) in [5.74, 6) is -1.43. The van der Waals surface area contributed by atoms with Gasteiger partial charge >= 0.3 is 0 Å². The van der Waals surface area contributed by atoms with Crippen molar-refractivity contribution < 1.29 is 17.6 Å². The van der Waals surface area contributed by atoms with Gasteiger partial charge in [0.25, 0.3) is 5.91 Å². The number of hydrogen-bond acceptors (Lipinski definition) is 7. The van der Waals surface area contributed by atoms with Crippen molar-refractivity contribution in [2.24, 2.45) is 0 Å². The lowest BCUT2D eigenvalue weighted by Crippen LogP contribution is -2.31. The first-order valence-corrected chi connectivity index (χ1v) is 11.9. The van der Waals surface area contributed by atoms with Gasteiger partial charge in [0, 0.05) is 24.0 Å². The van der Waals surface area contributed by atoms with Gasteiger partial charge in [-0.25, -0.2) is 17.8 Å². The van der Waals surface area contributed by atoms with Gasteiger partial charge in [-0.2, -0.15) is 5.26 Å². The molecule has 0 bridgehead atoms. The van der Waals surface area contributed by atoms with Crippen molar-refractivity contribution in [2.75, 3.05) is 16.9 Å². The topological polar surface area (TPSA) is 130 Å². The number of fused-ring (bicyclic) bond motifs is 1. The molecule has 2 heterocycles. The van der Waals surface area contributed by atoms with Crippen molar-refractivity contribution in [3.8, 4) is 6.07 Å². The number of nitrogens with zero attached hydrogens (tertiary/aromatic N) is 4. The molecular weight excluding hydrogens is 457 g/mol. The zero-order valence-electron chi connectivity index (χ0n) is 17.9. The first kappa shape index (κ1) is 22.8. The summed E-state index contributed by atoms with van der Waals surface area (Å²) < 4.78 is 38.7. The molecule has 4 rings (SSSR count). The number of para-hydroxylation sites is 1. The van der Waals surface area contributed by atoms with Gasteiger partial charge in [-0.05, 0) is 35.9 Å². The van der Waals surface area contributed by atoms with Crippen LogP contribution in [0.25, 0.3) is 10.9 Å². The van der Waals surface area contributed by atoms with Crippen LogP contribution >= 0.6 is 0 Å². The molecule has 1 amide bonds. The number of benzene rings is 2. The summed E-state index contributed by atoms with van der Waals surface area (Å²) >= 11 is 0. The van der Waals surface area contributed by atoms with E-state index in [1.807, 2.05) is 6.07 Å². The summed E-state index contributed by atoms with van der Waals surface area (Å²) in [6.45, 7) is -0.0307. The molecule has 8 nitrogen and oxygen atoms in total. The fraction of sp³-hybridized carbons (Fsp3) is 0.0833. The van der Waals surface area contributed by atoms with Gasteiger partial charge in [-0.1, -0.05) is 24.3 Å². The Hall–Kier alpha value is -4.36. The highest BCUT2D eigenvalue weighted by Crippen LogP contribution is 2.29. The molecule has 0 radical (unpaired) electrons. The number of sulfone groups is 1. The highest BCUT2D eigenvalue weighted by Gasteiger charge is 2.25. The Bertz CT molecular complexity index is 1580. The number of anilines is 2. The maximum absolute atomic E-state index is 13.8. The molecule has 0 spiro atoms. The standard InChI is InChI=1S/C24H18FN5O3S/c1-34(32,33)22-5-3-2-4-21(22)30(24(31)18-8-16(11-26)12-28-13-18)14-15-6-7-17-10-19(25)23(27)29-20(17)9-15/h2-10,12-13H,14H2,1H3,(H2,27,29). The lowest BCUT2D eigenvalue weighted by atomic mass is 10.1. The maximum Gasteiger partial charge on any atom is 0.260 e. The SMILES string of the molecule is CS(=O)(=O)c1ccccc1N(Cc1ccc2cc(F)c(N)nc2c1)C(=O)c1cncc(C#N)c1. The Balaban J connectivity index is 1.85. The van der Waals surface area contributed by atoms with E-state index in [-0.39, 0.29) is 34.1 Å². The van der Waals surface area contributed by atoms with E-state index in [9.17, 15) is 22.9 Å². The second-order valence-electron chi connectivity index (χ2n) is 7.59. The number of carbonyl (C=O) groups is 1. The number of nitriles is 1. The van der Waals surface area contributed by atoms with Crippen LogP contribution in [0.3, 0.4) is 0 Å². The Morgan fingerprint density at radius 1 is 1.15 bits per heavy atom. The number of hydrogen-bond donors (Lipinski definition) is 1. The van der Waals surface area contributed by atoms with Crippen LogP contribution in [0.2, 0.25) is 0 Å². The van der Waals surface area contributed by atoms with Crippen molar-refractivity contribution in [2.45, 2.75) is 11.4 Å². The Kier molecular flexibility index (Phi) is 5.96. The van der Waals surface area contributed by atoms with Crippen LogP contribution in [0, 0.1) is 17.1 Å². The predicted molar refractivity (Wildman–Crippen MR) is 125 cm³/mol. The highest BCUT2D eigenvalue weighted by atomic mass is 32.2. The van der Waals surface area contributed by atoms with E-state index >= 15 is 0 Å². The molecule has 4 aromatic rings. The van der Waals surface area contributed by atoms with Crippen LogP contribution in [0.5, 0.6) is 0 Å². The summed E-state index contributed by atoms with van der Waals surface area (Å²) in [5, 5.41) is 9.71. The fourth-order valence-electron chi connectivity index (χ4n) is 3.52.